The molecule has 1 atom stereocenters. The van der Waals surface area contributed by atoms with Gasteiger partial charge in [-0.3, -0.25) is 0 Å². The molecule has 182 valence electrons. The van der Waals surface area contributed by atoms with Gasteiger partial charge < -0.3 is 0 Å². The van der Waals surface area contributed by atoms with Crippen LogP contribution in [0.5, 0.6) is 0 Å². The van der Waals surface area contributed by atoms with E-state index < -0.39 is 13.3 Å². The second-order valence-electron chi connectivity index (χ2n) is 10.7. The van der Waals surface area contributed by atoms with Gasteiger partial charge in [-0.25, -0.2) is 0 Å². The summed E-state index contributed by atoms with van der Waals surface area (Å²) in [7, 11) is -0.910. The molecule has 1 unspecified atom stereocenters. The van der Waals surface area contributed by atoms with E-state index in [1.165, 1.54) is 66.2 Å². The van der Waals surface area contributed by atoms with E-state index in [9.17, 15) is 0 Å². The molecule has 0 fully saturated rings. The zero-order chi connectivity index (χ0) is 25.7. The Morgan fingerprint density at radius 2 is 1.15 bits per heavy atom. The Morgan fingerprint density at radius 1 is 0.538 bits per heavy atom. The minimum atomic E-state index is -0.910. The van der Waals surface area contributed by atoms with Crippen molar-refractivity contribution in [3.63, 3.8) is 0 Å². The maximum atomic E-state index is 2.55. The van der Waals surface area contributed by atoms with Crippen LogP contribution in [0, 0.1) is 6.92 Å². The van der Waals surface area contributed by atoms with Gasteiger partial charge in [-0.15, -0.1) is 8.50 Å². The summed E-state index contributed by atoms with van der Waals surface area (Å²) < 4.78 is 5.07. The maximum absolute atomic E-state index is 2.55. The number of aromatic nitrogens is 2. The van der Waals surface area contributed by atoms with Gasteiger partial charge in [0.1, 0.15) is 5.12 Å². The van der Waals surface area contributed by atoms with Crippen LogP contribution in [0.4, 0.5) is 0 Å². The highest BCUT2D eigenvalue weighted by Gasteiger charge is 2.51. The first-order chi connectivity index (χ1) is 19.3. The van der Waals surface area contributed by atoms with Gasteiger partial charge in [-0.2, -0.15) is 0 Å². The second-order valence-corrected chi connectivity index (χ2v) is 12.6. The molecule has 0 amide bonds. The number of hydrogen-bond donors (Lipinski definition) is 0. The van der Waals surface area contributed by atoms with Gasteiger partial charge in [0.2, 0.25) is 11.2 Å². The Bertz CT molecular complexity index is 2110. The van der Waals surface area contributed by atoms with Crippen LogP contribution in [0.25, 0.3) is 38.4 Å². The normalized spacial score (nSPS) is 14.4. The fourth-order valence-electron chi connectivity index (χ4n) is 7.49. The molecule has 1 aliphatic heterocycles. The summed E-state index contributed by atoms with van der Waals surface area (Å²) in [5, 5.41) is 2.79. The highest BCUT2D eigenvalue weighted by Crippen LogP contribution is 2.60. The van der Waals surface area contributed by atoms with E-state index in [1.54, 1.807) is 0 Å². The van der Waals surface area contributed by atoms with E-state index in [1.807, 2.05) is 0 Å². The van der Waals surface area contributed by atoms with Crippen LogP contribution in [0.2, 0.25) is 0 Å². The number of nitrogens with zero attached hydrogens (tertiary/aromatic N) is 2. The summed E-state index contributed by atoms with van der Waals surface area (Å²) >= 11 is 0. The molecule has 4 aromatic carbocycles. The maximum Gasteiger partial charge on any atom is 0.448 e. The number of rotatable bonds is 0. The van der Waals surface area contributed by atoms with Gasteiger partial charge in [0, 0.05) is 24.3 Å². The van der Waals surface area contributed by atoms with Gasteiger partial charge in [0.25, 0.3) is 0 Å². The Labute approximate surface area is 228 Å². The summed E-state index contributed by atoms with van der Waals surface area (Å²) in [5.74, 6) is 0. The van der Waals surface area contributed by atoms with Gasteiger partial charge in [-0.05, 0) is 70.1 Å². The van der Waals surface area contributed by atoms with Crippen LogP contribution in [0.15, 0.2) is 134 Å². The summed E-state index contributed by atoms with van der Waals surface area (Å²) in [6.07, 6.45) is 4.57. The fraction of sp³-hybridized carbons (Fsp3) is 0.0556. The lowest BCUT2D eigenvalue weighted by Crippen LogP contribution is -2.34. The molecule has 2 bridgehead atoms. The minimum absolute atomic E-state index is 0.412. The molecule has 2 aliphatic rings. The van der Waals surface area contributed by atoms with Crippen LogP contribution in [-0.4, -0.2) is 0 Å². The standard InChI is InChI=1S/C36H25N2P/c1-24-25-14-10-18-29(24)36(30-16-4-2-12-26(30)27-13-3-5-17-31(27)36)32-19-11-15-28-34-21-7-9-23-38(34)39(35(28)32)37-22-8-6-20-33(25)37/h2-23H,1H3/q+2. The van der Waals surface area contributed by atoms with Crippen molar-refractivity contribution >= 4 is 23.9 Å². The van der Waals surface area contributed by atoms with Gasteiger partial charge >= 0.3 is 7.84 Å². The number of hydrogen-bond acceptors (Lipinski definition) is 0. The predicted molar refractivity (Wildman–Crippen MR) is 158 cm³/mol. The lowest BCUT2D eigenvalue weighted by atomic mass is 9.66. The Hall–Kier alpha value is -4.52. The van der Waals surface area contributed by atoms with Crippen molar-refractivity contribution in [2.24, 2.45) is 0 Å². The molecule has 1 spiro atoms. The smallest absolute Gasteiger partial charge is 0.102 e. The molecule has 3 aromatic heterocycles. The largest absolute Gasteiger partial charge is 0.448 e. The zero-order valence-corrected chi connectivity index (χ0v) is 22.4. The van der Waals surface area contributed by atoms with E-state index in [0.717, 1.165) is 0 Å². The number of benzene rings is 4. The first-order valence-corrected chi connectivity index (χ1v) is 14.8. The van der Waals surface area contributed by atoms with E-state index in [2.05, 4.69) is 149 Å². The molecule has 0 saturated heterocycles. The van der Waals surface area contributed by atoms with Crippen molar-refractivity contribution < 1.29 is 8.50 Å². The first kappa shape index (κ1) is 21.4. The van der Waals surface area contributed by atoms with Crippen molar-refractivity contribution in [1.29, 1.82) is 0 Å². The van der Waals surface area contributed by atoms with Crippen molar-refractivity contribution in [1.82, 2.24) is 0 Å². The average Bonchev–Trinajstić information content (AvgIpc) is 3.49. The van der Waals surface area contributed by atoms with Crippen molar-refractivity contribution in [3.05, 3.63) is 162 Å². The van der Waals surface area contributed by atoms with Crippen LogP contribution in [-0.2, 0) is 5.41 Å². The highest BCUT2D eigenvalue weighted by molar-refractivity contribution is 7.42. The third-order valence-electron chi connectivity index (χ3n) is 8.97. The molecular weight excluding hydrogens is 491 g/mol. The molecule has 9 rings (SSSR count). The lowest BCUT2D eigenvalue weighted by molar-refractivity contribution is -0.562. The molecule has 0 radical (unpaired) electrons. The monoisotopic (exact) mass is 516 g/mol. The summed E-state index contributed by atoms with van der Waals surface area (Å²) in [4.78, 5) is 0. The Kier molecular flexibility index (Phi) is 4.14. The first-order valence-electron chi connectivity index (χ1n) is 13.6. The minimum Gasteiger partial charge on any atom is -0.102 e. The Balaban J connectivity index is 1.64. The highest BCUT2D eigenvalue weighted by atomic mass is 31.1. The van der Waals surface area contributed by atoms with E-state index in [4.69, 9.17) is 0 Å². The summed E-state index contributed by atoms with van der Waals surface area (Å²) in [5.41, 5.74) is 13.0. The molecule has 39 heavy (non-hydrogen) atoms. The third-order valence-corrected chi connectivity index (χ3v) is 11.4. The molecule has 3 heteroatoms. The van der Waals surface area contributed by atoms with E-state index in [0.29, 0.717) is 0 Å². The van der Waals surface area contributed by atoms with Crippen molar-refractivity contribution in [2.75, 3.05) is 0 Å². The van der Waals surface area contributed by atoms with E-state index >= 15 is 0 Å². The molecule has 7 aromatic rings. The molecule has 1 aliphatic carbocycles. The van der Waals surface area contributed by atoms with Crippen LogP contribution >= 0.6 is 7.84 Å². The van der Waals surface area contributed by atoms with E-state index in [-0.39, 0.29) is 0 Å². The van der Waals surface area contributed by atoms with Crippen molar-refractivity contribution in [2.45, 2.75) is 12.3 Å². The molecule has 0 saturated carbocycles. The molecule has 4 heterocycles. The van der Waals surface area contributed by atoms with Crippen LogP contribution in [0.3, 0.4) is 0 Å². The molecule has 2 nitrogen and oxygen atoms in total. The van der Waals surface area contributed by atoms with Crippen LogP contribution in [0.1, 0.15) is 27.8 Å². The van der Waals surface area contributed by atoms with Gasteiger partial charge in [-0.1, -0.05) is 72.8 Å². The van der Waals surface area contributed by atoms with Crippen molar-refractivity contribution in [3.8, 4) is 22.4 Å². The number of pyridine rings is 2. The zero-order valence-electron chi connectivity index (χ0n) is 21.5. The second kappa shape index (κ2) is 7.53. The third kappa shape index (κ3) is 2.49. The van der Waals surface area contributed by atoms with Gasteiger partial charge in [0.05, 0.1) is 16.4 Å². The average molecular weight is 517 g/mol. The lowest BCUT2D eigenvalue weighted by Gasteiger charge is -2.35. The SMILES string of the molecule is Cc1c2cccc1C1(c3ccccc3-c3ccccc31)c1cccc3c4cccc[n+]4p(c13)-[n+]1ccccc1-2. The Morgan fingerprint density at radius 3 is 1.97 bits per heavy atom. The fourth-order valence-corrected chi connectivity index (χ4v) is 10.2. The quantitative estimate of drug-likeness (QED) is 0.194. The summed E-state index contributed by atoms with van der Waals surface area (Å²) in [6.45, 7) is 2.33. The van der Waals surface area contributed by atoms with Gasteiger partial charge in [0.15, 0.2) is 12.4 Å². The summed E-state index contributed by atoms with van der Waals surface area (Å²) in [6, 6.07) is 45.5. The molecule has 0 N–H and O–H groups in total. The van der Waals surface area contributed by atoms with Crippen LogP contribution < -0.4 is 8.50 Å². The predicted octanol–water partition coefficient (Wildman–Crippen LogP) is 7.82. The number of fused-ring (bicyclic) bond motifs is 15. The topological polar surface area (TPSA) is 7.98 Å². The molecular formula is C36H25N2P+2.